The van der Waals surface area contributed by atoms with Crippen LogP contribution in [0.15, 0.2) is 72.8 Å². The Balaban J connectivity index is 1.85. The summed E-state index contributed by atoms with van der Waals surface area (Å²) >= 11 is 0. The zero-order valence-electron chi connectivity index (χ0n) is 17.2. The first-order valence-corrected chi connectivity index (χ1v) is 9.61. The Morgan fingerprint density at radius 2 is 1.53 bits per heavy atom. The predicted octanol–water partition coefficient (Wildman–Crippen LogP) is 4.75. The maximum absolute atomic E-state index is 13.2. The zero-order chi connectivity index (χ0) is 21.5. The van der Waals surface area contributed by atoms with E-state index in [0.717, 1.165) is 16.8 Å². The number of hydrogen-bond acceptors (Lipinski definition) is 4. The monoisotopic (exact) mass is 403 g/mol. The van der Waals surface area contributed by atoms with Gasteiger partial charge in [0.15, 0.2) is 0 Å². The molecule has 0 aliphatic carbocycles. The third-order valence-electron chi connectivity index (χ3n) is 4.52. The Bertz CT molecular complexity index is 1020. The summed E-state index contributed by atoms with van der Waals surface area (Å²) in [5, 5.41) is 8.99. The molecule has 0 spiro atoms. The number of benzene rings is 3. The zero-order valence-corrected chi connectivity index (χ0v) is 17.2. The van der Waals surface area contributed by atoms with Gasteiger partial charge in [-0.05, 0) is 54.4 Å². The summed E-state index contributed by atoms with van der Waals surface area (Å²) in [6, 6.07) is 21.7. The summed E-state index contributed by atoms with van der Waals surface area (Å²) in [6.45, 7) is 3.42. The highest BCUT2D eigenvalue weighted by molar-refractivity contribution is 5.98. The molecule has 3 aromatic carbocycles. The highest BCUT2D eigenvalue weighted by Crippen LogP contribution is 2.28. The Kier molecular flexibility index (Phi) is 6.70. The molecule has 6 nitrogen and oxygen atoms in total. The summed E-state index contributed by atoms with van der Waals surface area (Å²) in [5.41, 5.74) is 3.91. The summed E-state index contributed by atoms with van der Waals surface area (Å²) in [4.78, 5) is 24.4. The summed E-state index contributed by atoms with van der Waals surface area (Å²) < 4.78 is 5.38. The number of amides is 2. The van der Waals surface area contributed by atoms with E-state index >= 15 is 0 Å². The molecule has 3 rings (SSSR count). The quantitative estimate of drug-likeness (QED) is 0.532. The van der Waals surface area contributed by atoms with Gasteiger partial charge >= 0.3 is 0 Å². The van der Waals surface area contributed by atoms with Crippen LogP contribution in [-0.2, 0) is 9.59 Å². The molecule has 1 atom stereocenters. The first-order valence-electron chi connectivity index (χ1n) is 9.61. The number of rotatable bonds is 7. The molecule has 0 aromatic heterocycles. The molecule has 6 heteroatoms. The van der Waals surface area contributed by atoms with Crippen molar-refractivity contribution in [2.45, 2.75) is 19.9 Å². The van der Waals surface area contributed by atoms with Gasteiger partial charge < -0.3 is 20.7 Å². The lowest BCUT2D eigenvalue weighted by atomic mass is 10.1. The Morgan fingerprint density at radius 1 is 0.867 bits per heavy atom. The summed E-state index contributed by atoms with van der Waals surface area (Å²) in [5.74, 6) is 0.251. The van der Waals surface area contributed by atoms with Crippen molar-refractivity contribution >= 4 is 28.9 Å². The van der Waals surface area contributed by atoms with Crippen molar-refractivity contribution < 1.29 is 14.3 Å². The largest absolute Gasteiger partial charge is 0.495 e. The van der Waals surface area contributed by atoms with E-state index in [-0.39, 0.29) is 11.8 Å². The van der Waals surface area contributed by atoms with E-state index in [1.165, 1.54) is 6.92 Å². The fraction of sp³-hybridized carbons (Fsp3) is 0.167. The molecule has 154 valence electrons. The van der Waals surface area contributed by atoms with Crippen molar-refractivity contribution in [1.82, 2.24) is 0 Å². The van der Waals surface area contributed by atoms with Gasteiger partial charge in [-0.25, -0.2) is 0 Å². The van der Waals surface area contributed by atoms with E-state index in [1.807, 2.05) is 67.6 Å². The lowest BCUT2D eigenvalue weighted by molar-refractivity contribution is -0.117. The molecule has 0 heterocycles. The van der Waals surface area contributed by atoms with Gasteiger partial charge in [-0.2, -0.15) is 0 Å². The van der Waals surface area contributed by atoms with Crippen LogP contribution < -0.4 is 20.7 Å². The minimum absolute atomic E-state index is 0.135. The van der Waals surface area contributed by atoms with Crippen molar-refractivity contribution in [3.05, 3.63) is 83.9 Å². The maximum Gasteiger partial charge on any atom is 0.251 e. The molecule has 30 heavy (non-hydrogen) atoms. The number of methoxy groups -OCH3 is 1. The number of hydrogen-bond donors (Lipinski definition) is 3. The van der Waals surface area contributed by atoms with Gasteiger partial charge in [-0.15, -0.1) is 0 Å². The number of carbonyl (C=O) groups is 2. The van der Waals surface area contributed by atoms with Gasteiger partial charge in [0.05, 0.1) is 12.8 Å². The van der Waals surface area contributed by atoms with Crippen molar-refractivity contribution in [3.63, 3.8) is 0 Å². The molecule has 0 aliphatic rings. The van der Waals surface area contributed by atoms with Crippen LogP contribution in [0.2, 0.25) is 0 Å². The molecule has 0 unspecified atom stereocenters. The van der Waals surface area contributed by atoms with Gasteiger partial charge in [0, 0.05) is 18.3 Å². The Morgan fingerprint density at radius 3 is 2.17 bits per heavy atom. The average molecular weight is 403 g/mol. The SMILES string of the molecule is COc1ccc(C)cc1NC(=O)[C@H](Nc1ccc(NC(C)=O)cc1)c1ccccc1. The van der Waals surface area contributed by atoms with Crippen LogP contribution in [0.5, 0.6) is 5.75 Å². The second kappa shape index (κ2) is 9.60. The van der Waals surface area contributed by atoms with Gasteiger partial charge in [-0.1, -0.05) is 36.4 Å². The van der Waals surface area contributed by atoms with E-state index in [9.17, 15) is 9.59 Å². The van der Waals surface area contributed by atoms with E-state index < -0.39 is 6.04 Å². The second-order valence-corrected chi connectivity index (χ2v) is 6.94. The van der Waals surface area contributed by atoms with E-state index in [1.54, 1.807) is 19.2 Å². The molecule has 3 N–H and O–H groups in total. The fourth-order valence-electron chi connectivity index (χ4n) is 3.09. The third kappa shape index (κ3) is 5.38. The van der Waals surface area contributed by atoms with Crippen LogP contribution >= 0.6 is 0 Å². The molecule has 0 fully saturated rings. The summed E-state index contributed by atoms with van der Waals surface area (Å²) in [7, 11) is 1.57. The fourth-order valence-corrected chi connectivity index (χ4v) is 3.09. The van der Waals surface area contributed by atoms with Crippen molar-refractivity contribution in [1.29, 1.82) is 0 Å². The first kappa shape index (κ1) is 20.9. The molecule has 3 aromatic rings. The van der Waals surface area contributed by atoms with E-state index in [4.69, 9.17) is 4.74 Å². The molecule has 0 bridgehead atoms. The highest BCUT2D eigenvalue weighted by Gasteiger charge is 2.22. The maximum atomic E-state index is 13.2. The molecular weight excluding hydrogens is 378 g/mol. The molecule has 0 aliphatic heterocycles. The van der Waals surface area contributed by atoms with Crippen LogP contribution in [0.1, 0.15) is 24.1 Å². The second-order valence-electron chi connectivity index (χ2n) is 6.94. The summed E-state index contributed by atoms with van der Waals surface area (Å²) in [6.07, 6.45) is 0. The number of aryl methyl sites for hydroxylation is 1. The van der Waals surface area contributed by atoms with Crippen LogP contribution in [0, 0.1) is 6.92 Å². The smallest absolute Gasteiger partial charge is 0.251 e. The average Bonchev–Trinajstić information content (AvgIpc) is 2.73. The molecular formula is C24H25N3O3. The van der Waals surface area contributed by atoms with Crippen molar-refractivity contribution in [3.8, 4) is 5.75 Å². The Hall–Kier alpha value is -3.80. The van der Waals surface area contributed by atoms with Gasteiger partial charge in [0.25, 0.3) is 5.91 Å². The normalized spacial score (nSPS) is 11.3. The Labute approximate surface area is 176 Å². The molecule has 2 amide bonds. The van der Waals surface area contributed by atoms with Gasteiger partial charge in [0.2, 0.25) is 5.91 Å². The highest BCUT2D eigenvalue weighted by atomic mass is 16.5. The van der Waals surface area contributed by atoms with E-state index in [0.29, 0.717) is 17.1 Å². The van der Waals surface area contributed by atoms with Gasteiger partial charge in [-0.3, -0.25) is 9.59 Å². The molecule has 0 radical (unpaired) electrons. The van der Waals surface area contributed by atoms with Crippen LogP contribution in [-0.4, -0.2) is 18.9 Å². The predicted molar refractivity (Wildman–Crippen MR) is 120 cm³/mol. The minimum atomic E-state index is -0.622. The van der Waals surface area contributed by atoms with Gasteiger partial charge in [0.1, 0.15) is 11.8 Å². The minimum Gasteiger partial charge on any atom is -0.495 e. The van der Waals surface area contributed by atoms with Crippen molar-refractivity contribution in [2.24, 2.45) is 0 Å². The van der Waals surface area contributed by atoms with Crippen molar-refractivity contribution in [2.75, 3.05) is 23.1 Å². The lowest BCUT2D eigenvalue weighted by Gasteiger charge is -2.21. The van der Waals surface area contributed by atoms with Crippen LogP contribution in [0.4, 0.5) is 17.1 Å². The number of ether oxygens (including phenoxy) is 1. The number of anilines is 3. The van der Waals surface area contributed by atoms with E-state index in [2.05, 4.69) is 16.0 Å². The number of carbonyl (C=O) groups excluding carboxylic acids is 2. The molecule has 0 saturated carbocycles. The molecule has 0 saturated heterocycles. The number of nitrogens with one attached hydrogen (secondary N) is 3. The standard InChI is InChI=1S/C24H25N3O3/c1-16-9-14-22(30-3)21(15-16)27-24(29)23(18-7-5-4-6-8-18)26-20-12-10-19(11-13-20)25-17(2)28/h4-15,23,26H,1-3H3,(H,25,28)(H,27,29)/t23-/m1/s1. The lowest BCUT2D eigenvalue weighted by Crippen LogP contribution is -2.27. The first-order chi connectivity index (χ1) is 14.5. The third-order valence-corrected chi connectivity index (χ3v) is 4.52. The topological polar surface area (TPSA) is 79.5 Å². The van der Waals surface area contributed by atoms with Crippen LogP contribution in [0.3, 0.4) is 0 Å². The van der Waals surface area contributed by atoms with Crippen LogP contribution in [0.25, 0.3) is 0 Å².